The minimum atomic E-state index is -0.287. The highest BCUT2D eigenvalue weighted by Gasteiger charge is 2.25. The summed E-state index contributed by atoms with van der Waals surface area (Å²) in [5.41, 5.74) is 6.40. The van der Waals surface area contributed by atoms with Crippen molar-refractivity contribution in [3.63, 3.8) is 0 Å². The number of nitrogens with two attached hydrogens (primary N) is 1. The van der Waals surface area contributed by atoms with Crippen LogP contribution in [0.5, 0.6) is 0 Å². The van der Waals surface area contributed by atoms with E-state index in [0.29, 0.717) is 37.3 Å². The maximum atomic E-state index is 12.0. The molecule has 16 heavy (non-hydrogen) atoms. The molecule has 0 aliphatic carbocycles. The number of aliphatic hydroxyl groups is 1. The summed E-state index contributed by atoms with van der Waals surface area (Å²) in [6.07, 6.45) is 2.58. The van der Waals surface area contributed by atoms with E-state index in [1.807, 2.05) is 0 Å². The van der Waals surface area contributed by atoms with Crippen molar-refractivity contribution in [2.45, 2.75) is 18.9 Å². The lowest BCUT2D eigenvalue weighted by atomic mass is 10.1. The molecule has 6 heteroatoms. The Morgan fingerprint density at radius 2 is 2.19 bits per heavy atom. The monoisotopic (exact) mass is 224 g/mol. The maximum absolute atomic E-state index is 12.0. The Morgan fingerprint density at radius 3 is 2.69 bits per heavy atom. The van der Waals surface area contributed by atoms with Crippen molar-refractivity contribution >= 4 is 11.6 Å². The van der Waals surface area contributed by atoms with Gasteiger partial charge in [-0.05, 0) is 12.8 Å². The van der Waals surface area contributed by atoms with Crippen LogP contribution in [0.15, 0.2) is 6.20 Å². The molecule has 88 valence electrons. The minimum Gasteiger partial charge on any atom is -0.396 e. The highest BCUT2D eigenvalue weighted by atomic mass is 16.3. The molecule has 0 radical (unpaired) electrons. The fraction of sp³-hybridized carbons (Fsp3) is 0.600. The van der Waals surface area contributed by atoms with Gasteiger partial charge in [0, 0.05) is 26.3 Å². The second kappa shape index (κ2) is 4.13. The molecule has 1 saturated heterocycles. The van der Waals surface area contributed by atoms with Crippen LogP contribution in [0.3, 0.4) is 0 Å². The lowest BCUT2D eigenvalue weighted by Crippen LogP contribution is -2.40. The van der Waals surface area contributed by atoms with Gasteiger partial charge >= 0.3 is 0 Å². The molecular formula is C10H16N4O2. The van der Waals surface area contributed by atoms with Gasteiger partial charge in [-0.2, -0.15) is 5.10 Å². The molecule has 0 aromatic carbocycles. The van der Waals surface area contributed by atoms with Crippen molar-refractivity contribution in [3.05, 3.63) is 11.9 Å². The van der Waals surface area contributed by atoms with Gasteiger partial charge in [0.05, 0.1) is 11.8 Å². The average molecular weight is 224 g/mol. The normalized spacial score (nSPS) is 17.8. The van der Waals surface area contributed by atoms with Gasteiger partial charge in [0.1, 0.15) is 0 Å². The van der Waals surface area contributed by atoms with Crippen molar-refractivity contribution in [2.75, 3.05) is 18.8 Å². The molecule has 0 spiro atoms. The molecular weight excluding hydrogens is 208 g/mol. The first kappa shape index (κ1) is 10.9. The van der Waals surface area contributed by atoms with Crippen LogP contribution in [0, 0.1) is 0 Å². The molecule has 1 aliphatic heterocycles. The number of hydrogen-bond acceptors (Lipinski definition) is 4. The molecule has 0 unspecified atom stereocenters. The lowest BCUT2D eigenvalue weighted by molar-refractivity contribution is 0.0542. The van der Waals surface area contributed by atoms with Crippen LogP contribution in [-0.2, 0) is 7.05 Å². The van der Waals surface area contributed by atoms with Gasteiger partial charge in [0.2, 0.25) is 0 Å². The molecule has 1 aliphatic rings. The SMILES string of the molecule is Cn1cc(N)c(C(=O)N2CCC(O)CC2)n1. The zero-order chi connectivity index (χ0) is 11.7. The fourth-order valence-corrected chi connectivity index (χ4v) is 1.89. The third kappa shape index (κ3) is 2.01. The summed E-state index contributed by atoms with van der Waals surface area (Å²) < 4.78 is 1.53. The Labute approximate surface area is 93.6 Å². The van der Waals surface area contributed by atoms with E-state index in [2.05, 4.69) is 5.10 Å². The predicted molar refractivity (Wildman–Crippen MR) is 58.8 cm³/mol. The second-order valence-corrected chi connectivity index (χ2v) is 4.13. The molecule has 6 nitrogen and oxygen atoms in total. The molecule has 0 saturated carbocycles. The smallest absolute Gasteiger partial charge is 0.276 e. The van der Waals surface area contributed by atoms with E-state index in [1.165, 1.54) is 4.68 Å². The summed E-state index contributed by atoms with van der Waals surface area (Å²) in [5.74, 6) is -0.148. The van der Waals surface area contributed by atoms with E-state index < -0.39 is 0 Å². The number of likely N-dealkylation sites (tertiary alicyclic amines) is 1. The summed E-state index contributed by atoms with van der Waals surface area (Å²) in [4.78, 5) is 13.7. The topological polar surface area (TPSA) is 84.4 Å². The molecule has 2 rings (SSSR count). The zero-order valence-electron chi connectivity index (χ0n) is 9.26. The van der Waals surface area contributed by atoms with Gasteiger partial charge < -0.3 is 15.7 Å². The van der Waals surface area contributed by atoms with Crippen LogP contribution in [-0.4, -0.2) is 44.9 Å². The number of hydrogen-bond donors (Lipinski definition) is 2. The van der Waals surface area contributed by atoms with Gasteiger partial charge in [-0.1, -0.05) is 0 Å². The molecule has 2 heterocycles. The average Bonchev–Trinajstić information content (AvgIpc) is 2.58. The largest absolute Gasteiger partial charge is 0.396 e. The molecule has 3 N–H and O–H groups in total. The number of anilines is 1. The van der Waals surface area contributed by atoms with Crippen LogP contribution in [0.4, 0.5) is 5.69 Å². The van der Waals surface area contributed by atoms with E-state index in [0.717, 1.165) is 0 Å². The summed E-state index contributed by atoms with van der Waals surface area (Å²) in [6.45, 7) is 1.13. The minimum absolute atomic E-state index is 0.148. The van der Waals surface area contributed by atoms with Crippen LogP contribution < -0.4 is 5.73 Å². The quantitative estimate of drug-likeness (QED) is 0.679. The number of carbonyl (C=O) groups excluding carboxylic acids is 1. The van der Waals surface area contributed by atoms with Crippen molar-refractivity contribution in [1.29, 1.82) is 0 Å². The third-order valence-corrected chi connectivity index (χ3v) is 2.81. The van der Waals surface area contributed by atoms with Crippen molar-refractivity contribution in [3.8, 4) is 0 Å². The second-order valence-electron chi connectivity index (χ2n) is 4.13. The molecule has 1 amide bonds. The van der Waals surface area contributed by atoms with Gasteiger partial charge in [0.15, 0.2) is 5.69 Å². The summed E-state index contributed by atoms with van der Waals surface area (Å²) in [5, 5.41) is 13.4. The number of piperidine rings is 1. The molecule has 1 fully saturated rings. The van der Waals surface area contributed by atoms with E-state index >= 15 is 0 Å². The first-order chi connectivity index (χ1) is 7.58. The maximum Gasteiger partial charge on any atom is 0.276 e. The summed E-state index contributed by atoms with van der Waals surface area (Å²) in [7, 11) is 1.73. The van der Waals surface area contributed by atoms with Gasteiger partial charge in [-0.25, -0.2) is 0 Å². The standard InChI is InChI=1S/C10H16N4O2/c1-13-6-8(11)9(12-13)10(16)14-4-2-7(15)3-5-14/h6-7,15H,2-5,11H2,1H3. The number of amides is 1. The van der Waals surface area contributed by atoms with E-state index in [9.17, 15) is 9.90 Å². The number of aryl methyl sites for hydroxylation is 1. The van der Waals surface area contributed by atoms with Crippen molar-refractivity contribution in [2.24, 2.45) is 7.05 Å². The van der Waals surface area contributed by atoms with E-state index in [1.54, 1.807) is 18.1 Å². The number of nitrogens with zero attached hydrogens (tertiary/aromatic N) is 3. The molecule has 0 atom stereocenters. The Hall–Kier alpha value is -1.56. The summed E-state index contributed by atoms with van der Waals surface area (Å²) >= 11 is 0. The van der Waals surface area contributed by atoms with E-state index in [4.69, 9.17) is 5.73 Å². The highest BCUT2D eigenvalue weighted by molar-refractivity contribution is 5.97. The third-order valence-electron chi connectivity index (χ3n) is 2.81. The first-order valence-electron chi connectivity index (χ1n) is 5.34. The number of aliphatic hydroxyl groups excluding tert-OH is 1. The van der Waals surface area contributed by atoms with Crippen LogP contribution in [0.1, 0.15) is 23.3 Å². The number of carbonyl (C=O) groups is 1. The predicted octanol–water partition coefficient (Wildman–Crippen LogP) is -0.401. The van der Waals surface area contributed by atoms with Crippen molar-refractivity contribution in [1.82, 2.24) is 14.7 Å². The number of rotatable bonds is 1. The van der Waals surface area contributed by atoms with Crippen molar-refractivity contribution < 1.29 is 9.90 Å². The first-order valence-corrected chi connectivity index (χ1v) is 5.34. The lowest BCUT2D eigenvalue weighted by Gasteiger charge is -2.29. The Bertz CT molecular complexity index is 394. The van der Waals surface area contributed by atoms with Gasteiger partial charge in [-0.3, -0.25) is 9.48 Å². The summed E-state index contributed by atoms with van der Waals surface area (Å²) in [6, 6.07) is 0. The number of nitrogen functional groups attached to an aromatic ring is 1. The Kier molecular flexibility index (Phi) is 2.82. The number of aromatic nitrogens is 2. The van der Waals surface area contributed by atoms with Gasteiger partial charge in [0.25, 0.3) is 5.91 Å². The fourth-order valence-electron chi connectivity index (χ4n) is 1.89. The Morgan fingerprint density at radius 1 is 1.56 bits per heavy atom. The zero-order valence-corrected chi connectivity index (χ0v) is 9.26. The molecule has 1 aromatic rings. The van der Waals surface area contributed by atoms with Crippen LogP contribution >= 0.6 is 0 Å². The van der Waals surface area contributed by atoms with Gasteiger partial charge in [-0.15, -0.1) is 0 Å². The molecule has 0 bridgehead atoms. The van der Waals surface area contributed by atoms with Crippen LogP contribution in [0.2, 0.25) is 0 Å². The van der Waals surface area contributed by atoms with Crippen LogP contribution in [0.25, 0.3) is 0 Å². The van der Waals surface area contributed by atoms with E-state index in [-0.39, 0.29) is 12.0 Å². The molecule has 1 aromatic heterocycles. The Balaban J connectivity index is 2.10. The highest BCUT2D eigenvalue weighted by Crippen LogP contribution is 2.16.